The number of ether oxygens (including phenoxy) is 1. The van der Waals surface area contributed by atoms with Crippen molar-refractivity contribution < 1.29 is 14.1 Å². The van der Waals surface area contributed by atoms with Gasteiger partial charge in [0.1, 0.15) is 5.75 Å². The zero-order valence-electron chi connectivity index (χ0n) is 13.4. The van der Waals surface area contributed by atoms with Gasteiger partial charge in [-0.3, -0.25) is 4.79 Å². The van der Waals surface area contributed by atoms with Crippen molar-refractivity contribution in [3.63, 3.8) is 0 Å². The van der Waals surface area contributed by atoms with Crippen molar-refractivity contribution in [2.24, 2.45) is 0 Å². The van der Waals surface area contributed by atoms with Gasteiger partial charge in [0.25, 0.3) is 5.91 Å². The number of hydrogen-bond donors (Lipinski definition) is 1. The van der Waals surface area contributed by atoms with Crippen LogP contribution in [0.4, 0.5) is 5.69 Å². The van der Waals surface area contributed by atoms with Crippen molar-refractivity contribution in [3.05, 3.63) is 60.0 Å². The highest BCUT2D eigenvalue weighted by atomic mass is 16.5. The third kappa shape index (κ3) is 3.98. The number of nitrogens with zero attached hydrogens (tertiary/aromatic N) is 2. The average Bonchev–Trinajstić information content (AvgIpc) is 3.00. The maximum atomic E-state index is 12.0. The summed E-state index contributed by atoms with van der Waals surface area (Å²) < 4.78 is 10.5. The van der Waals surface area contributed by atoms with Crippen LogP contribution in [0.1, 0.15) is 11.5 Å². The largest absolute Gasteiger partial charge is 0.484 e. The zero-order chi connectivity index (χ0) is 16.9. The lowest BCUT2D eigenvalue weighted by Crippen LogP contribution is -2.20. The van der Waals surface area contributed by atoms with E-state index in [1.165, 1.54) is 0 Å². The second kappa shape index (κ2) is 6.95. The molecule has 0 spiro atoms. The SMILES string of the molecule is Cc1cccc(NC(=O)COc2cccc(-c3noc(C)n3)c2)c1. The van der Waals surface area contributed by atoms with E-state index in [0.717, 1.165) is 16.8 Å². The van der Waals surface area contributed by atoms with Gasteiger partial charge in [0, 0.05) is 18.2 Å². The van der Waals surface area contributed by atoms with E-state index in [9.17, 15) is 4.79 Å². The number of aromatic nitrogens is 2. The molecule has 0 radical (unpaired) electrons. The molecule has 0 aliphatic carbocycles. The zero-order valence-corrected chi connectivity index (χ0v) is 13.4. The Morgan fingerprint density at radius 1 is 1.17 bits per heavy atom. The Morgan fingerprint density at radius 3 is 2.75 bits per heavy atom. The van der Waals surface area contributed by atoms with Crippen LogP contribution in [0.25, 0.3) is 11.4 Å². The summed E-state index contributed by atoms with van der Waals surface area (Å²) in [5.74, 6) is 1.33. The first kappa shape index (κ1) is 15.7. The second-order valence-corrected chi connectivity index (χ2v) is 5.37. The summed E-state index contributed by atoms with van der Waals surface area (Å²) in [5, 5.41) is 6.66. The molecule has 0 unspecified atom stereocenters. The van der Waals surface area contributed by atoms with Gasteiger partial charge in [-0.1, -0.05) is 29.4 Å². The molecule has 0 aliphatic heterocycles. The van der Waals surface area contributed by atoms with Crippen molar-refractivity contribution in [1.82, 2.24) is 10.1 Å². The fourth-order valence-corrected chi connectivity index (χ4v) is 2.21. The smallest absolute Gasteiger partial charge is 0.262 e. The van der Waals surface area contributed by atoms with Crippen molar-refractivity contribution in [3.8, 4) is 17.1 Å². The summed E-state index contributed by atoms with van der Waals surface area (Å²) >= 11 is 0. The lowest BCUT2D eigenvalue weighted by atomic mass is 10.2. The monoisotopic (exact) mass is 323 g/mol. The van der Waals surface area contributed by atoms with Crippen LogP contribution < -0.4 is 10.1 Å². The fourth-order valence-electron chi connectivity index (χ4n) is 2.21. The van der Waals surface area contributed by atoms with Gasteiger partial charge in [-0.25, -0.2) is 0 Å². The summed E-state index contributed by atoms with van der Waals surface area (Å²) in [7, 11) is 0. The Bertz CT molecular complexity index is 858. The fraction of sp³-hybridized carbons (Fsp3) is 0.167. The van der Waals surface area contributed by atoms with E-state index in [-0.39, 0.29) is 12.5 Å². The molecule has 0 saturated heterocycles. The highest BCUT2D eigenvalue weighted by molar-refractivity contribution is 5.91. The number of hydrogen-bond acceptors (Lipinski definition) is 5. The number of rotatable bonds is 5. The van der Waals surface area contributed by atoms with Gasteiger partial charge >= 0.3 is 0 Å². The molecule has 1 aromatic heterocycles. The van der Waals surface area contributed by atoms with Crippen molar-refractivity contribution in [2.45, 2.75) is 13.8 Å². The Kier molecular flexibility index (Phi) is 4.56. The molecule has 1 heterocycles. The number of amides is 1. The third-order valence-electron chi connectivity index (χ3n) is 3.29. The number of anilines is 1. The van der Waals surface area contributed by atoms with Crippen LogP contribution in [0, 0.1) is 13.8 Å². The molecular formula is C18H17N3O3. The molecule has 0 fully saturated rings. The van der Waals surface area contributed by atoms with Gasteiger partial charge in [-0.05, 0) is 36.8 Å². The molecule has 0 aliphatic rings. The van der Waals surface area contributed by atoms with Gasteiger partial charge in [0.2, 0.25) is 11.7 Å². The van der Waals surface area contributed by atoms with Crippen LogP contribution in [-0.2, 0) is 4.79 Å². The van der Waals surface area contributed by atoms with E-state index >= 15 is 0 Å². The van der Waals surface area contributed by atoms with Crippen LogP contribution >= 0.6 is 0 Å². The van der Waals surface area contributed by atoms with E-state index in [2.05, 4.69) is 15.5 Å². The van der Waals surface area contributed by atoms with Gasteiger partial charge in [0.05, 0.1) is 0 Å². The minimum atomic E-state index is -0.221. The first-order chi connectivity index (χ1) is 11.6. The lowest BCUT2D eigenvalue weighted by molar-refractivity contribution is -0.118. The lowest BCUT2D eigenvalue weighted by Gasteiger charge is -2.08. The maximum absolute atomic E-state index is 12.0. The summed E-state index contributed by atoms with van der Waals surface area (Å²) in [6.07, 6.45) is 0. The van der Waals surface area contributed by atoms with Crippen LogP contribution in [0.5, 0.6) is 5.75 Å². The van der Waals surface area contributed by atoms with Crippen molar-refractivity contribution >= 4 is 11.6 Å². The predicted molar refractivity (Wildman–Crippen MR) is 89.8 cm³/mol. The minimum absolute atomic E-state index is 0.0807. The summed E-state index contributed by atoms with van der Waals surface area (Å²) in [6, 6.07) is 14.8. The van der Waals surface area contributed by atoms with Crippen LogP contribution in [0.3, 0.4) is 0 Å². The summed E-state index contributed by atoms with van der Waals surface area (Å²) in [4.78, 5) is 16.1. The van der Waals surface area contributed by atoms with Gasteiger partial charge < -0.3 is 14.6 Å². The molecule has 3 rings (SSSR count). The predicted octanol–water partition coefficient (Wildman–Crippen LogP) is 3.37. The molecule has 6 heteroatoms. The molecule has 2 aromatic carbocycles. The number of carbonyl (C=O) groups is 1. The summed E-state index contributed by atoms with van der Waals surface area (Å²) in [5.41, 5.74) is 2.60. The normalized spacial score (nSPS) is 10.4. The Morgan fingerprint density at radius 2 is 2.00 bits per heavy atom. The quantitative estimate of drug-likeness (QED) is 0.779. The summed E-state index contributed by atoms with van der Waals surface area (Å²) in [6.45, 7) is 3.62. The first-order valence-electron chi connectivity index (χ1n) is 7.50. The Balaban J connectivity index is 1.61. The molecule has 1 amide bonds. The standard InChI is InChI=1S/C18H17N3O3/c1-12-5-3-7-15(9-12)20-17(22)11-23-16-8-4-6-14(10-16)18-19-13(2)24-21-18/h3-10H,11H2,1-2H3,(H,20,22). The molecule has 0 bridgehead atoms. The number of aryl methyl sites for hydroxylation is 2. The van der Waals surface area contributed by atoms with Crippen molar-refractivity contribution in [1.29, 1.82) is 0 Å². The molecule has 3 aromatic rings. The van der Waals surface area contributed by atoms with Crippen molar-refractivity contribution in [2.75, 3.05) is 11.9 Å². The van der Waals surface area contributed by atoms with E-state index in [1.54, 1.807) is 19.1 Å². The molecular weight excluding hydrogens is 306 g/mol. The molecule has 0 saturated carbocycles. The maximum Gasteiger partial charge on any atom is 0.262 e. The highest BCUT2D eigenvalue weighted by Gasteiger charge is 2.08. The third-order valence-corrected chi connectivity index (χ3v) is 3.29. The Labute approximate surface area is 139 Å². The van der Waals surface area contributed by atoms with Crippen LogP contribution in [-0.4, -0.2) is 22.7 Å². The van der Waals surface area contributed by atoms with Crippen LogP contribution in [0.15, 0.2) is 53.1 Å². The molecule has 0 atom stereocenters. The number of benzene rings is 2. The van der Waals surface area contributed by atoms with Gasteiger partial charge in [-0.15, -0.1) is 0 Å². The molecule has 1 N–H and O–H groups in total. The van der Waals surface area contributed by atoms with E-state index in [1.807, 2.05) is 43.3 Å². The number of nitrogens with one attached hydrogen (secondary N) is 1. The van der Waals surface area contributed by atoms with E-state index in [0.29, 0.717) is 17.5 Å². The van der Waals surface area contributed by atoms with E-state index in [4.69, 9.17) is 9.26 Å². The Hall–Kier alpha value is -3.15. The average molecular weight is 323 g/mol. The van der Waals surface area contributed by atoms with Gasteiger partial charge in [0.15, 0.2) is 6.61 Å². The van der Waals surface area contributed by atoms with Crippen LogP contribution in [0.2, 0.25) is 0 Å². The molecule has 24 heavy (non-hydrogen) atoms. The topological polar surface area (TPSA) is 77.2 Å². The second-order valence-electron chi connectivity index (χ2n) is 5.37. The molecule has 6 nitrogen and oxygen atoms in total. The minimum Gasteiger partial charge on any atom is -0.484 e. The highest BCUT2D eigenvalue weighted by Crippen LogP contribution is 2.21. The van der Waals surface area contributed by atoms with E-state index < -0.39 is 0 Å². The first-order valence-corrected chi connectivity index (χ1v) is 7.50. The van der Waals surface area contributed by atoms with Gasteiger partial charge in [-0.2, -0.15) is 4.98 Å². The molecule has 122 valence electrons. The number of carbonyl (C=O) groups excluding carboxylic acids is 1.